The molecule has 3 nitrogen and oxygen atoms in total. The molecular formula is C35H24IrN2O-2. The second-order valence-electron chi connectivity index (χ2n) is 8.94. The number of benzene rings is 4. The second-order valence-corrected chi connectivity index (χ2v) is 8.94. The van der Waals surface area contributed by atoms with Crippen LogP contribution in [0, 0.1) is 19.1 Å². The second kappa shape index (κ2) is 12.0. The number of pyridine rings is 2. The first kappa shape index (κ1) is 26.2. The third-order valence-corrected chi connectivity index (χ3v) is 6.43. The smallest absolute Gasteiger partial charge is 0.123 e. The molecule has 7 aromatic rings. The molecule has 0 aliphatic carbocycles. The molecule has 0 bridgehead atoms. The summed E-state index contributed by atoms with van der Waals surface area (Å²) in [6.07, 6.45) is 3.59. The van der Waals surface area contributed by atoms with Crippen LogP contribution in [0.5, 0.6) is 0 Å². The van der Waals surface area contributed by atoms with Gasteiger partial charge in [0.2, 0.25) is 0 Å². The Balaban J connectivity index is 0.000000155. The van der Waals surface area contributed by atoms with Crippen molar-refractivity contribution >= 4 is 21.9 Å². The van der Waals surface area contributed by atoms with Gasteiger partial charge in [-0.25, -0.2) is 0 Å². The van der Waals surface area contributed by atoms with Gasteiger partial charge in [0.05, 0.1) is 5.58 Å². The molecule has 191 valence electrons. The summed E-state index contributed by atoms with van der Waals surface area (Å²) >= 11 is 0. The third-order valence-electron chi connectivity index (χ3n) is 6.43. The van der Waals surface area contributed by atoms with Crippen LogP contribution in [-0.2, 0) is 20.1 Å². The fraction of sp³-hybridized carbons (Fsp3) is 0.0286. The molecule has 0 amide bonds. The molecule has 0 atom stereocenters. The van der Waals surface area contributed by atoms with Crippen molar-refractivity contribution in [2.45, 2.75) is 6.92 Å². The van der Waals surface area contributed by atoms with Gasteiger partial charge >= 0.3 is 0 Å². The molecule has 0 aliphatic rings. The maximum atomic E-state index is 6.10. The summed E-state index contributed by atoms with van der Waals surface area (Å²) < 4.78 is 6.10. The predicted octanol–water partition coefficient (Wildman–Crippen LogP) is 8.97. The molecule has 3 aromatic heterocycles. The number of nitrogens with zero attached hydrogens (tertiary/aromatic N) is 2. The van der Waals surface area contributed by atoms with Crippen molar-refractivity contribution < 1.29 is 24.5 Å². The molecule has 0 aliphatic heterocycles. The molecule has 0 unspecified atom stereocenters. The number of hydrogen-bond donors (Lipinski definition) is 0. The van der Waals surface area contributed by atoms with Gasteiger partial charge in [-0.2, -0.15) is 0 Å². The van der Waals surface area contributed by atoms with E-state index in [1.165, 1.54) is 11.1 Å². The Kier molecular flexibility index (Phi) is 8.07. The summed E-state index contributed by atoms with van der Waals surface area (Å²) in [5.41, 5.74) is 9.12. The largest absolute Gasteiger partial charge is 0.500 e. The Morgan fingerprint density at radius 1 is 0.590 bits per heavy atom. The Morgan fingerprint density at radius 3 is 2.03 bits per heavy atom. The minimum Gasteiger partial charge on any atom is -0.500 e. The van der Waals surface area contributed by atoms with Crippen molar-refractivity contribution in [3.63, 3.8) is 0 Å². The van der Waals surface area contributed by atoms with Gasteiger partial charge in [-0.15, -0.1) is 53.6 Å². The van der Waals surface area contributed by atoms with Crippen LogP contribution in [0.15, 0.2) is 132 Å². The topological polar surface area (TPSA) is 38.9 Å². The van der Waals surface area contributed by atoms with Gasteiger partial charge in [0, 0.05) is 37.9 Å². The van der Waals surface area contributed by atoms with Crippen LogP contribution in [-0.4, -0.2) is 9.97 Å². The summed E-state index contributed by atoms with van der Waals surface area (Å²) in [7, 11) is 0. The van der Waals surface area contributed by atoms with Crippen molar-refractivity contribution in [1.82, 2.24) is 9.97 Å². The van der Waals surface area contributed by atoms with Gasteiger partial charge in [0.1, 0.15) is 5.58 Å². The molecule has 1 radical (unpaired) electrons. The van der Waals surface area contributed by atoms with Gasteiger partial charge in [0.15, 0.2) is 0 Å². The predicted molar refractivity (Wildman–Crippen MR) is 154 cm³/mol. The summed E-state index contributed by atoms with van der Waals surface area (Å²) in [6, 6.07) is 44.9. The summed E-state index contributed by atoms with van der Waals surface area (Å²) in [6.45, 7) is 2.06. The van der Waals surface area contributed by atoms with E-state index in [0.717, 1.165) is 50.0 Å². The Morgan fingerprint density at radius 2 is 1.28 bits per heavy atom. The average Bonchev–Trinajstić information content (AvgIpc) is 3.39. The minimum absolute atomic E-state index is 0. The first-order valence-corrected chi connectivity index (χ1v) is 12.5. The van der Waals surface area contributed by atoms with Gasteiger partial charge in [-0.3, -0.25) is 0 Å². The van der Waals surface area contributed by atoms with Gasteiger partial charge in [-0.05, 0) is 41.6 Å². The molecular weight excluding hydrogens is 657 g/mol. The molecule has 0 saturated carbocycles. The summed E-state index contributed by atoms with van der Waals surface area (Å²) in [4.78, 5) is 8.75. The number of aromatic nitrogens is 2. The van der Waals surface area contributed by atoms with E-state index < -0.39 is 0 Å². The first-order valence-electron chi connectivity index (χ1n) is 12.5. The SMILES string of the molecule is Cc1cccc2c1oc1c(-c3ccccn3)[c-]ccc12.[Ir].[c-]1ccc(-c2ccccc2)cc1-c1ccccn1. The van der Waals surface area contributed by atoms with Gasteiger partial charge in [0.25, 0.3) is 0 Å². The molecule has 4 aromatic carbocycles. The molecule has 4 heteroatoms. The maximum Gasteiger partial charge on any atom is 0.123 e. The van der Waals surface area contributed by atoms with Crippen molar-refractivity contribution in [3.05, 3.63) is 145 Å². The van der Waals surface area contributed by atoms with E-state index in [1.807, 2.05) is 72.8 Å². The van der Waals surface area contributed by atoms with E-state index in [4.69, 9.17) is 4.42 Å². The average molecular weight is 681 g/mol. The van der Waals surface area contributed by atoms with Gasteiger partial charge < -0.3 is 14.4 Å². The maximum absolute atomic E-state index is 6.10. The molecule has 7 rings (SSSR count). The summed E-state index contributed by atoms with van der Waals surface area (Å²) in [5, 5.41) is 2.26. The van der Waals surface area contributed by atoms with E-state index in [0.29, 0.717) is 0 Å². The van der Waals surface area contributed by atoms with E-state index in [9.17, 15) is 0 Å². The number of para-hydroxylation sites is 1. The van der Waals surface area contributed by atoms with Crippen LogP contribution in [0.2, 0.25) is 0 Å². The van der Waals surface area contributed by atoms with E-state index in [-0.39, 0.29) is 20.1 Å². The molecule has 0 fully saturated rings. The zero-order chi connectivity index (χ0) is 25.7. The van der Waals surface area contributed by atoms with Crippen molar-refractivity contribution in [3.8, 4) is 33.6 Å². The number of rotatable bonds is 3. The first-order chi connectivity index (χ1) is 18.8. The third kappa shape index (κ3) is 5.58. The summed E-state index contributed by atoms with van der Waals surface area (Å²) in [5.74, 6) is 0. The van der Waals surface area contributed by atoms with Gasteiger partial charge in [-0.1, -0.05) is 83.7 Å². The Hall–Kier alpha value is -4.37. The molecule has 0 N–H and O–H groups in total. The molecule has 39 heavy (non-hydrogen) atoms. The number of aryl methyl sites for hydroxylation is 1. The number of fused-ring (bicyclic) bond motifs is 3. The van der Waals surface area contributed by atoms with Crippen molar-refractivity contribution in [2.24, 2.45) is 0 Å². The normalized spacial score (nSPS) is 10.5. The van der Waals surface area contributed by atoms with E-state index in [1.54, 1.807) is 12.4 Å². The van der Waals surface area contributed by atoms with Crippen molar-refractivity contribution in [2.75, 3.05) is 0 Å². The van der Waals surface area contributed by atoms with E-state index in [2.05, 4.69) is 71.5 Å². The van der Waals surface area contributed by atoms with Crippen LogP contribution in [0.4, 0.5) is 0 Å². The minimum atomic E-state index is 0. The van der Waals surface area contributed by atoms with Crippen LogP contribution in [0.1, 0.15) is 5.56 Å². The van der Waals surface area contributed by atoms with Crippen LogP contribution in [0.25, 0.3) is 55.6 Å². The van der Waals surface area contributed by atoms with Crippen LogP contribution in [0.3, 0.4) is 0 Å². The Labute approximate surface area is 241 Å². The molecule has 0 saturated heterocycles. The zero-order valence-electron chi connectivity index (χ0n) is 21.3. The standard InChI is InChI=1S/C18H12NO.C17H12N.Ir/c1-12-6-4-7-13-14-8-5-9-15(18(14)20-17(12)13)16-10-2-3-11-19-16;1-2-7-14(8-3-1)15-9-6-10-16(13-15)17-11-4-5-12-18-17;/h2-8,10-11H,1H3;1-9,11-13H;/q2*-1;. The fourth-order valence-corrected chi connectivity index (χ4v) is 4.55. The zero-order valence-corrected chi connectivity index (χ0v) is 23.7. The van der Waals surface area contributed by atoms with Crippen LogP contribution < -0.4 is 0 Å². The quantitative estimate of drug-likeness (QED) is 0.175. The number of furan rings is 1. The van der Waals surface area contributed by atoms with Crippen LogP contribution >= 0.6 is 0 Å². The molecule has 0 spiro atoms. The Bertz CT molecular complexity index is 1760. The number of hydrogen-bond acceptors (Lipinski definition) is 3. The van der Waals surface area contributed by atoms with E-state index >= 15 is 0 Å². The molecule has 3 heterocycles. The van der Waals surface area contributed by atoms with Crippen molar-refractivity contribution in [1.29, 1.82) is 0 Å². The monoisotopic (exact) mass is 681 g/mol. The fourth-order valence-electron chi connectivity index (χ4n) is 4.55.